The van der Waals surface area contributed by atoms with Crippen LogP contribution in [0.4, 0.5) is 5.69 Å². The van der Waals surface area contributed by atoms with Crippen LogP contribution < -0.4 is 19.1 Å². The maximum absolute atomic E-state index is 13.7. The summed E-state index contributed by atoms with van der Waals surface area (Å²) in [6, 6.07) is 8.65. The molecule has 0 saturated carbocycles. The second-order valence-corrected chi connectivity index (χ2v) is 12.6. The third kappa shape index (κ3) is 7.21. The van der Waals surface area contributed by atoms with Gasteiger partial charge in [-0.2, -0.15) is 0 Å². The summed E-state index contributed by atoms with van der Waals surface area (Å²) < 4.78 is 37.8. The topological polar surface area (TPSA) is 105 Å². The first-order valence-corrected chi connectivity index (χ1v) is 14.0. The molecule has 1 atom stereocenters. The molecule has 0 aromatic heterocycles. The smallest absolute Gasteiger partial charge is 0.244 e. The van der Waals surface area contributed by atoms with Crippen LogP contribution in [0.2, 0.25) is 10.0 Å². The average molecular weight is 573 g/mol. The number of fused-ring (bicyclic) bond motifs is 1. The highest BCUT2D eigenvalue weighted by molar-refractivity contribution is 7.92. The number of hydrogen-bond acceptors (Lipinski definition) is 6. The van der Waals surface area contributed by atoms with Crippen LogP contribution in [0.25, 0.3) is 0 Å². The quantitative estimate of drug-likeness (QED) is 0.483. The van der Waals surface area contributed by atoms with Gasteiger partial charge in [-0.1, -0.05) is 29.3 Å². The summed E-state index contributed by atoms with van der Waals surface area (Å²) in [7, 11) is -3.87. The van der Waals surface area contributed by atoms with Gasteiger partial charge in [0.15, 0.2) is 11.5 Å². The number of carbonyl (C=O) groups is 2. The van der Waals surface area contributed by atoms with Crippen molar-refractivity contribution in [2.24, 2.45) is 0 Å². The highest BCUT2D eigenvalue weighted by Crippen LogP contribution is 2.36. The molecular weight excluding hydrogens is 541 g/mol. The number of anilines is 1. The highest BCUT2D eigenvalue weighted by atomic mass is 35.5. The Morgan fingerprint density at radius 3 is 2.35 bits per heavy atom. The van der Waals surface area contributed by atoms with E-state index in [1.54, 1.807) is 37.3 Å². The van der Waals surface area contributed by atoms with Crippen molar-refractivity contribution in [1.82, 2.24) is 10.2 Å². The lowest BCUT2D eigenvalue weighted by Crippen LogP contribution is -2.54. The minimum atomic E-state index is -3.87. The van der Waals surface area contributed by atoms with E-state index in [1.807, 2.05) is 20.8 Å². The van der Waals surface area contributed by atoms with E-state index in [0.717, 1.165) is 4.31 Å². The third-order valence-electron chi connectivity index (χ3n) is 5.63. The molecule has 2 aromatic rings. The number of amides is 2. The van der Waals surface area contributed by atoms with Crippen molar-refractivity contribution in [2.75, 3.05) is 23.4 Å². The molecule has 0 radical (unpaired) electrons. The number of nitrogens with zero attached hydrogens (tertiary/aromatic N) is 2. The van der Waals surface area contributed by atoms with Crippen LogP contribution in [0, 0.1) is 0 Å². The van der Waals surface area contributed by atoms with Gasteiger partial charge in [0.25, 0.3) is 0 Å². The minimum Gasteiger partial charge on any atom is -0.454 e. The molecule has 2 amide bonds. The number of nitrogens with one attached hydrogen (secondary N) is 1. The lowest BCUT2D eigenvalue weighted by atomic mass is 10.1. The Morgan fingerprint density at radius 1 is 1.05 bits per heavy atom. The van der Waals surface area contributed by atoms with Crippen molar-refractivity contribution >= 4 is 50.7 Å². The van der Waals surface area contributed by atoms with Gasteiger partial charge in [0.1, 0.15) is 12.6 Å². The van der Waals surface area contributed by atoms with E-state index >= 15 is 0 Å². The summed E-state index contributed by atoms with van der Waals surface area (Å²) in [5, 5.41) is 3.52. The SMILES string of the molecule is CCS(=O)(=O)N(CC(=O)N(Cc1ccc(Cl)c(Cl)c1)[C@@H](C)C(=O)NC(C)(C)C)c1ccc2c(c1)OCO2. The predicted octanol–water partition coefficient (Wildman–Crippen LogP) is 4.21. The second kappa shape index (κ2) is 11.4. The highest BCUT2D eigenvalue weighted by Gasteiger charge is 2.32. The van der Waals surface area contributed by atoms with Crippen molar-refractivity contribution in [3.8, 4) is 11.5 Å². The van der Waals surface area contributed by atoms with Gasteiger partial charge in [-0.25, -0.2) is 8.42 Å². The molecule has 0 saturated heterocycles. The molecule has 1 aliphatic heterocycles. The minimum absolute atomic E-state index is 0.00953. The molecule has 2 aromatic carbocycles. The lowest BCUT2D eigenvalue weighted by molar-refractivity contribution is -0.140. The van der Waals surface area contributed by atoms with Gasteiger partial charge in [-0.3, -0.25) is 13.9 Å². The normalized spacial score (nSPS) is 13.7. The largest absolute Gasteiger partial charge is 0.454 e. The van der Waals surface area contributed by atoms with Gasteiger partial charge in [-0.15, -0.1) is 0 Å². The maximum atomic E-state index is 13.7. The molecule has 0 spiro atoms. The molecule has 12 heteroatoms. The van der Waals surface area contributed by atoms with Gasteiger partial charge >= 0.3 is 0 Å². The van der Waals surface area contributed by atoms with Gasteiger partial charge in [0.05, 0.1) is 21.5 Å². The Hall–Kier alpha value is -2.69. The van der Waals surface area contributed by atoms with Crippen molar-refractivity contribution in [3.63, 3.8) is 0 Å². The van der Waals surface area contributed by atoms with Crippen molar-refractivity contribution in [3.05, 3.63) is 52.0 Å². The first-order chi connectivity index (χ1) is 17.2. The van der Waals surface area contributed by atoms with Crippen LogP contribution in [0.5, 0.6) is 11.5 Å². The number of carbonyl (C=O) groups excluding carboxylic acids is 2. The van der Waals surface area contributed by atoms with E-state index < -0.39 is 34.1 Å². The standard InChI is InChI=1S/C25H31Cl2N3O6S/c1-6-37(33,34)30(18-8-10-21-22(12-18)36-15-35-21)14-23(31)29(16(2)24(32)28-25(3,4)5)13-17-7-9-19(26)20(27)11-17/h7-12,16H,6,13-15H2,1-5H3,(H,28,32)/t16-/m0/s1. The fourth-order valence-corrected chi connectivity index (χ4v) is 5.03. The summed E-state index contributed by atoms with van der Waals surface area (Å²) in [4.78, 5) is 28.1. The number of rotatable bonds is 9. The van der Waals surface area contributed by atoms with E-state index in [1.165, 1.54) is 17.9 Å². The van der Waals surface area contributed by atoms with E-state index in [9.17, 15) is 18.0 Å². The maximum Gasteiger partial charge on any atom is 0.244 e. The summed E-state index contributed by atoms with van der Waals surface area (Å²) in [5.41, 5.74) is 0.347. The number of benzene rings is 2. The zero-order valence-corrected chi connectivity index (χ0v) is 23.7. The van der Waals surface area contributed by atoms with E-state index in [2.05, 4.69) is 5.32 Å². The number of sulfonamides is 1. The number of halogens is 2. The molecule has 9 nitrogen and oxygen atoms in total. The zero-order chi connectivity index (χ0) is 27.5. The average Bonchev–Trinajstić information content (AvgIpc) is 3.29. The lowest BCUT2D eigenvalue weighted by Gasteiger charge is -2.33. The molecule has 1 aliphatic rings. The fraction of sp³-hybridized carbons (Fsp3) is 0.440. The van der Waals surface area contributed by atoms with Gasteiger partial charge < -0.3 is 19.7 Å². The van der Waals surface area contributed by atoms with Crippen LogP contribution >= 0.6 is 23.2 Å². The van der Waals surface area contributed by atoms with Crippen LogP contribution in [0.15, 0.2) is 36.4 Å². The molecule has 1 heterocycles. The number of hydrogen-bond donors (Lipinski definition) is 1. The summed E-state index contributed by atoms with van der Waals surface area (Å²) in [6.07, 6.45) is 0. The third-order valence-corrected chi connectivity index (χ3v) is 8.11. The van der Waals surface area contributed by atoms with Gasteiger partial charge in [0.2, 0.25) is 28.6 Å². The summed E-state index contributed by atoms with van der Waals surface area (Å²) in [5.74, 6) is -0.322. The predicted molar refractivity (Wildman–Crippen MR) is 144 cm³/mol. The van der Waals surface area contributed by atoms with E-state index in [-0.39, 0.29) is 30.7 Å². The summed E-state index contributed by atoms with van der Waals surface area (Å²) in [6.45, 7) is 8.09. The molecule has 0 aliphatic carbocycles. The number of ether oxygens (including phenoxy) is 2. The van der Waals surface area contributed by atoms with Gasteiger partial charge in [0, 0.05) is 18.2 Å². The molecule has 1 N–H and O–H groups in total. The van der Waals surface area contributed by atoms with Crippen LogP contribution in [-0.4, -0.2) is 55.8 Å². The Labute approximate surface area is 227 Å². The van der Waals surface area contributed by atoms with Crippen LogP contribution in [0.3, 0.4) is 0 Å². The van der Waals surface area contributed by atoms with Crippen LogP contribution in [-0.2, 0) is 26.2 Å². The molecular formula is C25H31Cl2N3O6S. The Balaban J connectivity index is 1.96. The molecule has 0 fully saturated rings. The molecule has 3 rings (SSSR count). The van der Waals surface area contributed by atoms with Crippen molar-refractivity contribution in [1.29, 1.82) is 0 Å². The fourth-order valence-electron chi connectivity index (χ4n) is 3.65. The first-order valence-electron chi connectivity index (χ1n) is 11.7. The first kappa shape index (κ1) is 28.9. The second-order valence-electron chi connectivity index (χ2n) is 9.63. The van der Waals surface area contributed by atoms with Crippen molar-refractivity contribution < 1.29 is 27.5 Å². The van der Waals surface area contributed by atoms with E-state index in [4.69, 9.17) is 32.7 Å². The Bertz CT molecular complexity index is 1280. The summed E-state index contributed by atoms with van der Waals surface area (Å²) >= 11 is 12.2. The van der Waals surface area contributed by atoms with E-state index in [0.29, 0.717) is 27.1 Å². The van der Waals surface area contributed by atoms with Gasteiger partial charge in [-0.05, 0) is 64.4 Å². The Kier molecular flexibility index (Phi) is 8.87. The molecule has 202 valence electrons. The molecule has 37 heavy (non-hydrogen) atoms. The molecule has 0 unspecified atom stereocenters. The zero-order valence-electron chi connectivity index (χ0n) is 21.4. The Morgan fingerprint density at radius 2 is 1.73 bits per heavy atom. The van der Waals surface area contributed by atoms with Crippen LogP contribution in [0.1, 0.15) is 40.2 Å². The monoisotopic (exact) mass is 571 g/mol. The molecule has 0 bridgehead atoms. The van der Waals surface area contributed by atoms with Crippen molar-refractivity contribution in [2.45, 2.75) is 52.7 Å².